The molecule has 1 aliphatic rings. The van der Waals surface area contributed by atoms with E-state index < -0.39 is 0 Å². The third-order valence-electron chi connectivity index (χ3n) is 3.00. The number of aliphatic hydroxyl groups excluding tert-OH is 1. The lowest BCUT2D eigenvalue weighted by Gasteiger charge is -2.14. The molecular formula is C14H21NO2. The van der Waals surface area contributed by atoms with E-state index in [2.05, 4.69) is 30.4 Å². The van der Waals surface area contributed by atoms with Gasteiger partial charge in [-0.1, -0.05) is 18.2 Å². The highest BCUT2D eigenvalue weighted by Crippen LogP contribution is 2.25. The Morgan fingerprint density at radius 2 is 2.24 bits per heavy atom. The SMILES string of the molecule is Cc1cccc(CNC2CC2)c1OCCCO. The van der Waals surface area contributed by atoms with Gasteiger partial charge in [0.2, 0.25) is 0 Å². The first-order valence-corrected chi connectivity index (χ1v) is 6.37. The zero-order valence-corrected chi connectivity index (χ0v) is 10.4. The zero-order valence-electron chi connectivity index (χ0n) is 10.4. The van der Waals surface area contributed by atoms with E-state index in [9.17, 15) is 0 Å². The number of hydrogen-bond donors (Lipinski definition) is 2. The fraction of sp³-hybridized carbons (Fsp3) is 0.571. The van der Waals surface area contributed by atoms with E-state index in [-0.39, 0.29) is 6.61 Å². The van der Waals surface area contributed by atoms with E-state index in [1.807, 2.05) is 0 Å². The van der Waals surface area contributed by atoms with Gasteiger partial charge in [0.15, 0.2) is 0 Å². The number of aryl methyl sites for hydroxylation is 1. The van der Waals surface area contributed by atoms with E-state index in [0.29, 0.717) is 19.1 Å². The summed E-state index contributed by atoms with van der Waals surface area (Å²) in [6, 6.07) is 6.95. The number of rotatable bonds is 7. The van der Waals surface area contributed by atoms with Crippen LogP contribution in [-0.4, -0.2) is 24.4 Å². The maximum absolute atomic E-state index is 8.77. The van der Waals surface area contributed by atoms with Crippen LogP contribution in [0.4, 0.5) is 0 Å². The molecule has 0 bridgehead atoms. The fourth-order valence-electron chi connectivity index (χ4n) is 1.84. The number of benzene rings is 1. The first-order chi connectivity index (χ1) is 8.31. The highest BCUT2D eigenvalue weighted by atomic mass is 16.5. The van der Waals surface area contributed by atoms with Gasteiger partial charge < -0.3 is 15.2 Å². The molecule has 0 aromatic heterocycles. The summed E-state index contributed by atoms with van der Waals surface area (Å²) in [5.41, 5.74) is 2.38. The molecule has 0 saturated heterocycles. The van der Waals surface area contributed by atoms with Gasteiger partial charge in [0.25, 0.3) is 0 Å². The highest BCUT2D eigenvalue weighted by Gasteiger charge is 2.20. The normalized spacial score (nSPS) is 14.9. The van der Waals surface area contributed by atoms with Crippen molar-refractivity contribution in [1.82, 2.24) is 5.32 Å². The van der Waals surface area contributed by atoms with Gasteiger partial charge in [-0.25, -0.2) is 0 Å². The van der Waals surface area contributed by atoms with Crippen molar-refractivity contribution in [1.29, 1.82) is 0 Å². The Hall–Kier alpha value is -1.06. The Bertz CT molecular complexity index is 361. The van der Waals surface area contributed by atoms with Crippen LogP contribution < -0.4 is 10.1 Å². The van der Waals surface area contributed by atoms with Crippen LogP contribution in [0.5, 0.6) is 5.75 Å². The van der Waals surface area contributed by atoms with E-state index in [4.69, 9.17) is 9.84 Å². The summed E-state index contributed by atoms with van der Waals surface area (Å²) in [6.45, 7) is 3.70. The van der Waals surface area contributed by atoms with Crippen LogP contribution in [-0.2, 0) is 6.54 Å². The zero-order chi connectivity index (χ0) is 12.1. The Balaban J connectivity index is 1.98. The van der Waals surface area contributed by atoms with Gasteiger partial charge in [-0.3, -0.25) is 0 Å². The molecule has 1 saturated carbocycles. The summed E-state index contributed by atoms with van der Waals surface area (Å²) in [5.74, 6) is 0.981. The highest BCUT2D eigenvalue weighted by molar-refractivity contribution is 5.40. The van der Waals surface area contributed by atoms with Gasteiger partial charge >= 0.3 is 0 Å². The summed E-state index contributed by atoms with van der Waals surface area (Å²) < 4.78 is 5.76. The van der Waals surface area contributed by atoms with Gasteiger partial charge in [0.1, 0.15) is 5.75 Å². The number of aliphatic hydroxyl groups is 1. The molecule has 94 valence electrons. The van der Waals surface area contributed by atoms with Crippen molar-refractivity contribution in [3.05, 3.63) is 29.3 Å². The molecule has 1 aromatic carbocycles. The van der Waals surface area contributed by atoms with Gasteiger partial charge in [0.05, 0.1) is 6.61 Å². The summed E-state index contributed by atoms with van der Waals surface area (Å²) in [7, 11) is 0. The fourth-order valence-corrected chi connectivity index (χ4v) is 1.84. The van der Waals surface area contributed by atoms with E-state index in [1.54, 1.807) is 0 Å². The molecule has 3 nitrogen and oxygen atoms in total. The lowest BCUT2D eigenvalue weighted by atomic mass is 10.1. The van der Waals surface area contributed by atoms with E-state index >= 15 is 0 Å². The second kappa shape index (κ2) is 6.03. The monoisotopic (exact) mass is 235 g/mol. The molecular weight excluding hydrogens is 214 g/mol. The van der Waals surface area contributed by atoms with Gasteiger partial charge in [-0.15, -0.1) is 0 Å². The molecule has 0 radical (unpaired) electrons. The Kier molecular flexibility index (Phi) is 4.40. The predicted octanol–water partition coefficient (Wildman–Crippen LogP) is 2.01. The Morgan fingerprint density at radius 3 is 2.94 bits per heavy atom. The maximum atomic E-state index is 8.77. The summed E-state index contributed by atoms with van der Waals surface area (Å²) in [5, 5.41) is 12.3. The van der Waals surface area contributed by atoms with Gasteiger partial charge in [-0.2, -0.15) is 0 Å². The lowest BCUT2D eigenvalue weighted by molar-refractivity contribution is 0.231. The molecule has 0 aliphatic heterocycles. The quantitative estimate of drug-likeness (QED) is 0.710. The van der Waals surface area contributed by atoms with Crippen molar-refractivity contribution in [2.75, 3.05) is 13.2 Å². The molecule has 2 rings (SSSR count). The second-order valence-corrected chi connectivity index (χ2v) is 4.64. The van der Waals surface area contributed by atoms with Crippen LogP contribution >= 0.6 is 0 Å². The van der Waals surface area contributed by atoms with E-state index in [0.717, 1.165) is 17.9 Å². The Morgan fingerprint density at radius 1 is 1.41 bits per heavy atom. The van der Waals surface area contributed by atoms with Crippen molar-refractivity contribution in [2.45, 2.75) is 38.8 Å². The molecule has 0 spiro atoms. The smallest absolute Gasteiger partial charge is 0.126 e. The van der Waals surface area contributed by atoms with Crippen molar-refractivity contribution >= 4 is 0 Å². The molecule has 0 atom stereocenters. The molecule has 0 heterocycles. The maximum Gasteiger partial charge on any atom is 0.126 e. The Labute approximate surface area is 103 Å². The first kappa shape index (κ1) is 12.4. The second-order valence-electron chi connectivity index (χ2n) is 4.64. The molecule has 2 N–H and O–H groups in total. The topological polar surface area (TPSA) is 41.5 Å². The summed E-state index contributed by atoms with van der Waals surface area (Å²) >= 11 is 0. The molecule has 0 unspecified atom stereocenters. The molecule has 3 heteroatoms. The number of para-hydroxylation sites is 1. The summed E-state index contributed by atoms with van der Waals surface area (Å²) in [6.07, 6.45) is 3.28. The molecule has 1 fully saturated rings. The van der Waals surface area contributed by atoms with Crippen LogP contribution in [0.3, 0.4) is 0 Å². The van der Waals surface area contributed by atoms with E-state index in [1.165, 1.54) is 18.4 Å². The minimum atomic E-state index is 0.182. The summed E-state index contributed by atoms with van der Waals surface area (Å²) in [4.78, 5) is 0. The minimum absolute atomic E-state index is 0.182. The largest absolute Gasteiger partial charge is 0.493 e. The third kappa shape index (κ3) is 3.72. The van der Waals surface area contributed by atoms with Crippen LogP contribution in [0, 0.1) is 6.92 Å². The molecule has 1 aliphatic carbocycles. The molecule has 1 aromatic rings. The third-order valence-corrected chi connectivity index (χ3v) is 3.00. The first-order valence-electron chi connectivity index (χ1n) is 6.37. The average Bonchev–Trinajstić information content (AvgIpc) is 3.13. The van der Waals surface area contributed by atoms with Crippen LogP contribution in [0.15, 0.2) is 18.2 Å². The van der Waals surface area contributed by atoms with Crippen molar-refractivity contribution in [3.63, 3.8) is 0 Å². The van der Waals surface area contributed by atoms with Gasteiger partial charge in [0, 0.05) is 31.2 Å². The number of hydrogen-bond acceptors (Lipinski definition) is 3. The van der Waals surface area contributed by atoms with Crippen LogP contribution in [0.2, 0.25) is 0 Å². The lowest BCUT2D eigenvalue weighted by Crippen LogP contribution is -2.16. The standard InChI is InChI=1S/C14H21NO2/c1-11-4-2-5-12(10-15-13-6-7-13)14(11)17-9-3-8-16/h2,4-5,13,15-16H,3,6-10H2,1H3. The molecule has 17 heavy (non-hydrogen) atoms. The number of ether oxygens (including phenoxy) is 1. The average molecular weight is 235 g/mol. The predicted molar refractivity (Wildman–Crippen MR) is 68.2 cm³/mol. The van der Waals surface area contributed by atoms with Crippen molar-refractivity contribution in [3.8, 4) is 5.75 Å². The molecule has 0 amide bonds. The van der Waals surface area contributed by atoms with Crippen molar-refractivity contribution in [2.24, 2.45) is 0 Å². The number of nitrogens with one attached hydrogen (secondary N) is 1. The van der Waals surface area contributed by atoms with Crippen molar-refractivity contribution < 1.29 is 9.84 Å². The van der Waals surface area contributed by atoms with Crippen LogP contribution in [0.1, 0.15) is 30.4 Å². The van der Waals surface area contributed by atoms with Gasteiger partial charge in [-0.05, 0) is 25.3 Å². The van der Waals surface area contributed by atoms with Crippen LogP contribution in [0.25, 0.3) is 0 Å². The minimum Gasteiger partial charge on any atom is -0.493 e.